The van der Waals surface area contributed by atoms with Gasteiger partial charge in [0.25, 0.3) is 0 Å². The van der Waals surface area contributed by atoms with E-state index in [2.05, 4.69) is 15.2 Å². The standard InChI is InChI=1S/C14H19N3O2S/c1-10-16-12-8-11(2-3-13(12)20-10)19-14(18)9-17-6-4-15-5-7-17/h2-3,8,14-15,18H,4-7,9H2,1H3. The lowest BCUT2D eigenvalue weighted by atomic mass is 10.3. The number of nitrogens with zero attached hydrogens (tertiary/aromatic N) is 2. The fourth-order valence-corrected chi connectivity index (χ4v) is 3.21. The maximum absolute atomic E-state index is 10.0. The highest BCUT2D eigenvalue weighted by atomic mass is 32.1. The number of rotatable bonds is 4. The van der Waals surface area contributed by atoms with Crippen molar-refractivity contribution in [3.63, 3.8) is 0 Å². The number of nitrogens with one attached hydrogen (secondary N) is 1. The van der Waals surface area contributed by atoms with Crippen LogP contribution in [0.25, 0.3) is 10.2 Å². The van der Waals surface area contributed by atoms with Gasteiger partial charge in [-0.3, -0.25) is 4.90 Å². The summed E-state index contributed by atoms with van der Waals surface area (Å²) >= 11 is 1.66. The number of benzene rings is 1. The number of hydrogen-bond acceptors (Lipinski definition) is 6. The predicted molar refractivity (Wildman–Crippen MR) is 80.3 cm³/mol. The molecule has 1 aromatic carbocycles. The van der Waals surface area contributed by atoms with E-state index < -0.39 is 6.29 Å². The minimum absolute atomic E-state index is 0.538. The Labute approximate surface area is 122 Å². The molecule has 3 rings (SSSR count). The molecule has 1 saturated heterocycles. The molecule has 0 saturated carbocycles. The Bertz CT molecular complexity index is 581. The number of aliphatic hydroxyl groups excluding tert-OH is 1. The summed E-state index contributed by atoms with van der Waals surface area (Å²) in [7, 11) is 0. The maximum Gasteiger partial charge on any atom is 0.210 e. The molecule has 1 aliphatic heterocycles. The summed E-state index contributed by atoms with van der Waals surface area (Å²) in [6.07, 6.45) is -0.801. The molecule has 1 aliphatic rings. The molecule has 0 bridgehead atoms. The van der Waals surface area contributed by atoms with E-state index >= 15 is 0 Å². The quantitative estimate of drug-likeness (QED) is 0.830. The molecule has 0 spiro atoms. The van der Waals surface area contributed by atoms with Crippen LogP contribution in [0, 0.1) is 6.92 Å². The Morgan fingerprint density at radius 3 is 3.05 bits per heavy atom. The molecule has 0 radical (unpaired) electrons. The Morgan fingerprint density at radius 2 is 2.25 bits per heavy atom. The Morgan fingerprint density at radius 1 is 1.45 bits per heavy atom. The number of aliphatic hydroxyl groups is 1. The van der Waals surface area contributed by atoms with Crippen LogP contribution in [0.15, 0.2) is 18.2 Å². The van der Waals surface area contributed by atoms with Crippen molar-refractivity contribution in [1.29, 1.82) is 0 Å². The first-order valence-corrected chi connectivity index (χ1v) is 7.67. The molecular weight excluding hydrogens is 274 g/mol. The van der Waals surface area contributed by atoms with Crippen LogP contribution in [0.1, 0.15) is 5.01 Å². The molecule has 1 fully saturated rings. The Hall–Kier alpha value is -1.21. The van der Waals surface area contributed by atoms with Gasteiger partial charge in [-0.1, -0.05) is 0 Å². The molecule has 2 aromatic rings. The number of fused-ring (bicyclic) bond motifs is 1. The molecule has 0 amide bonds. The van der Waals surface area contributed by atoms with E-state index in [-0.39, 0.29) is 0 Å². The second-order valence-electron chi connectivity index (χ2n) is 4.99. The lowest BCUT2D eigenvalue weighted by Gasteiger charge is -2.28. The maximum atomic E-state index is 10.0. The second-order valence-corrected chi connectivity index (χ2v) is 6.22. The van der Waals surface area contributed by atoms with E-state index in [1.165, 1.54) is 0 Å². The number of aromatic nitrogens is 1. The van der Waals surface area contributed by atoms with Crippen molar-refractivity contribution in [3.05, 3.63) is 23.2 Å². The van der Waals surface area contributed by atoms with Crippen LogP contribution in [0.5, 0.6) is 5.75 Å². The molecule has 108 valence electrons. The number of hydrogen-bond donors (Lipinski definition) is 2. The average molecular weight is 293 g/mol. The summed E-state index contributed by atoms with van der Waals surface area (Å²) < 4.78 is 6.74. The van der Waals surface area contributed by atoms with E-state index in [0.717, 1.165) is 41.4 Å². The highest BCUT2D eigenvalue weighted by molar-refractivity contribution is 7.18. The largest absolute Gasteiger partial charge is 0.464 e. The summed E-state index contributed by atoms with van der Waals surface area (Å²) in [5.41, 5.74) is 0.930. The van der Waals surface area contributed by atoms with Gasteiger partial charge in [0.1, 0.15) is 5.75 Å². The average Bonchev–Trinajstić information content (AvgIpc) is 2.79. The van der Waals surface area contributed by atoms with Gasteiger partial charge < -0.3 is 15.2 Å². The van der Waals surface area contributed by atoms with E-state index in [0.29, 0.717) is 12.3 Å². The van der Waals surface area contributed by atoms with Crippen LogP contribution in [0.4, 0.5) is 0 Å². The predicted octanol–water partition coefficient (Wildman–Crippen LogP) is 1.21. The van der Waals surface area contributed by atoms with Gasteiger partial charge in [0.05, 0.1) is 21.8 Å². The van der Waals surface area contributed by atoms with E-state index in [9.17, 15) is 5.11 Å². The molecule has 5 nitrogen and oxygen atoms in total. The molecule has 1 aromatic heterocycles. The van der Waals surface area contributed by atoms with Crippen molar-refractivity contribution in [3.8, 4) is 5.75 Å². The number of β-amino-alcohol motifs (C(OH)–C–C–N with tert-alkyl or cyclic N) is 1. The molecule has 2 heterocycles. The number of thiazole rings is 1. The van der Waals surface area contributed by atoms with Gasteiger partial charge in [0, 0.05) is 32.2 Å². The van der Waals surface area contributed by atoms with E-state index in [1.807, 2.05) is 25.1 Å². The van der Waals surface area contributed by atoms with Gasteiger partial charge >= 0.3 is 0 Å². The van der Waals surface area contributed by atoms with Crippen LogP contribution in [-0.4, -0.2) is 54.0 Å². The van der Waals surface area contributed by atoms with Crippen LogP contribution in [-0.2, 0) is 0 Å². The highest BCUT2D eigenvalue weighted by Crippen LogP contribution is 2.25. The molecule has 20 heavy (non-hydrogen) atoms. The second kappa shape index (κ2) is 6.05. The molecular formula is C14H19N3O2S. The first-order valence-electron chi connectivity index (χ1n) is 6.86. The summed E-state index contributed by atoms with van der Waals surface area (Å²) in [6, 6.07) is 5.77. The van der Waals surface area contributed by atoms with Crippen LogP contribution in [0.3, 0.4) is 0 Å². The van der Waals surface area contributed by atoms with Gasteiger partial charge in [-0.15, -0.1) is 11.3 Å². The number of aryl methyl sites for hydroxylation is 1. The van der Waals surface area contributed by atoms with Gasteiger partial charge in [0.15, 0.2) is 0 Å². The lowest BCUT2D eigenvalue weighted by molar-refractivity contribution is -0.0425. The lowest BCUT2D eigenvalue weighted by Crippen LogP contribution is -2.47. The zero-order chi connectivity index (χ0) is 13.9. The molecule has 6 heteroatoms. The first-order chi connectivity index (χ1) is 9.70. The van der Waals surface area contributed by atoms with Gasteiger partial charge in [-0.05, 0) is 19.1 Å². The van der Waals surface area contributed by atoms with Gasteiger partial charge in [-0.25, -0.2) is 4.98 Å². The Kier molecular flexibility index (Phi) is 4.16. The molecule has 0 aliphatic carbocycles. The topological polar surface area (TPSA) is 57.6 Å². The molecule has 1 unspecified atom stereocenters. The minimum Gasteiger partial charge on any atom is -0.464 e. The van der Waals surface area contributed by atoms with Crippen LogP contribution >= 0.6 is 11.3 Å². The Balaban J connectivity index is 1.62. The van der Waals surface area contributed by atoms with Crippen molar-refractivity contribution in [2.75, 3.05) is 32.7 Å². The molecule has 2 N–H and O–H groups in total. The van der Waals surface area contributed by atoms with Crippen LogP contribution in [0.2, 0.25) is 0 Å². The van der Waals surface area contributed by atoms with Crippen molar-refractivity contribution in [2.24, 2.45) is 0 Å². The molecule has 1 atom stereocenters. The fourth-order valence-electron chi connectivity index (χ4n) is 2.40. The SMILES string of the molecule is Cc1nc2cc(OC(O)CN3CCNCC3)ccc2s1. The normalized spacial score (nSPS) is 18.3. The van der Waals surface area contributed by atoms with E-state index in [1.54, 1.807) is 11.3 Å². The van der Waals surface area contributed by atoms with Crippen molar-refractivity contribution >= 4 is 21.6 Å². The fraction of sp³-hybridized carbons (Fsp3) is 0.500. The van der Waals surface area contributed by atoms with Gasteiger partial charge in [-0.2, -0.15) is 0 Å². The third kappa shape index (κ3) is 3.27. The zero-order valence-corrected chi connectivity index (χ0v) is 12.3. The minimum atomic E-state index is -0.801. The first kappa shape index (κ1) is 13.8. The highest BCUT2D eigenvalue weighted by Gasteiger charge is 2.15. The summed E-state index contributed by atoms with van der Waals surface area (Å²) in [5, 5.41) is 14.4. The monoisotopic (exact) mass is 293 g/mol. The van der Waals surface area contributed by atoms with Gasteiger partial charge in [0.2, 0.25) is 6.29 Å². The number of piperazine rings is 1. The number of ether oxygens (including phenoxy) is 1. The summed E-state index contributed by atoms with van der Waals surface area (Å²) in [5.74, 6) is 0.672. The third-order valence-corrected chi connectivity index (χ3v) is 4.31. The van der Waals surface area contributed by atoms with Crippen molar-refractivity contribution in [1.82, 2.24) is 15.2 Å². The zero-order valence-electron chi connectivity index (χ0n) is 11.5. The van der Waals surface area contributed by atoms with Crippen LogP contribution < -0.4 is 10.1 Å². The summed E-state index contributed by atoms with van der Waals surface area (Å²) in [6.45, 7) is 6.36. The van der Waals surface area contributed by atoms with Crippen molar-refractivity contribution < 1.29 is 9.84 Å². The summed E-state index contributed by atoms with van der Waals surface area (Å²) in [4.78, 5) is 6.64. The van der Waals surface area contributed by atoms with Crippen molar-refractivity contribution in [2.45, 2.75) is 13.2 Å². The third-order valence-electron chi connectivity index (χ3n) is 3.36. The smallest absolute Gasteiger partial charge is 0.210 e. The van der Waals surface area contributed by atoms with E-state index in [4.69, 9.17) is 4.74 Å².